The van der Waals surface area contributed by atoms with E-state index in [0.717, 1.165) is 5.56 Å². The number of rotatable bonds is 1. The third kappa shape index (κ3) is 2.78. The van der Waals surface area contributed by atoms with E-state index in [2.05, 4.69) is 5.43 Å². The van der Waals surface area contributed by atoms with Gasteiger partial charge in [0.05, 0.1) is 0 Å². The van der Waals surface area contributed by atoms with Gasteiger partial charge in [-0.05, 0) is 19.1 Å². The van der Waals surface area contributed by atoms with E-state index in [4.69, 9.17) is 5.73 Å². The van der Waals surface area contributed by atoms with Crippen LogP contribution in [0.4, 0.5) is 4.79 Å². The highest BCUT2D eigenvalue weighted by atomic mass is 16.2. The van der Waals surface area contributed by atoms with Gasteiger partial charge in [-0.1, -0.05) is 17.7 Å². The standard InChI is InChI=1S/C9H11N3O2/c1-6-3-2-4-7(5-6)8(13)11-12-9(10)14/h2-5H,1H3,(H,11,13)(H3,10,12,14). The third-order valence-electron chi connectivity index (χ3n) is 1.58. The van der Waals surface area contributed by atoms with Crippen molar-refractivity contribution in [1.82, 2.24) is 10.9 Å². The molecule has 0 spiro atoms. The maximum Gasteiger partial charge on any atom is 0.330 e. The van der Waals surface area contributed by atoms with Crippen molar-refractivity contribution in [1.29, 1.82) is 0 Å². The monoisotopic (exact) mass is 193 g/mol. The van der Waals surface area contributed by atoms with Crippen molar-refractivity contribution in [3.8, 4) is 0 Å². The van der Waals surface area contributed by atoms with Crippen LogP contribution in [0.1, 0.15) is 15.9 Å². The molecule has 0 bridgehead atoms. The first-order chi connectivity index (χ1) is 6.59. The van der Waals surface area contributed by atoms with Gasteiger partial charge in [-0.3, -0.25) is 10.2 Å². The van der Waals surface area contributed by atoms with Crippen LogP contribution in [0.25, 0.3) is 0 Å². The predicted molar refractivity (Wildman–Crippen MR) is 51.4 cm³/mol. The summed E-state index contributed by atoms with van der Waals surface area (Å²) in [6.07, 6.45) is 0. The van der Waals surface area contributed by atoms with E-state index in [-0.39, 0.29) is 0 Å². The van der Waals surface area contributed by atoms with Crippen LogP contribution in [0, 0.1) is 6.92 Å². The number of carbonyl (C=O) groups excluding carboxylic acids is 2. The van der Waals surface area contributed by atoms with Gasteiger partial charge in [0.2, 0.25) is 0 Å². The van der Waals surface area contributed by atoms with E-state index in [1.165, 1.54) is 0 Å². The first-order valence-corrected chi connectivity index (χ1v) is 4.02. The highest BCUT2D eigenvalue weighted by molar-refractivity contribution is 5.95. The minimum absolute atomic E-state index is 0.396. The van der Waals surface area contributed by atoms with Crippen molar-refractivity contribution in [3.63, 3.8) is 0 Å². The molecule has 0 heterocycles. The molecular formula is C9H11N3O2. The van der Waals surface area contributed by atoms with Gasteiger partial charge in [-0.25, -0.2) is 10.2 Å². The van der Waals surface area contributed by atoms with Crippen molar-refractivity contribution in [2.24, 2.45) is 5.73 Å². The lowest BCUT2D eigenvalue weighted by Crippen LogP contribution is -2.44. The Bertz CT molecular complexity index is 363. The van der Waals surface area contributed by atoms with Crippen molar-refractivity contribution >= 4 is 11.9 Å². The summed E-state index contributed by atoms with van der Waals surface area (Å²) in [4.78, 5) is 21.6. The molecule has 0 aliphatic carbocycles. The maximum atomic E-state index is 11.3. The molecule has 0 radical (unpaired) electrons. The molecule has 5 nitrogen and oxygen atoms in total. The second kappa shape index (κ2) is 4.27. The van der Waals surface area contributed by atoms with Gasteiger partial charge in [0.25, 0.3) is 5.91 Å². The largest absolute Gasteiger partial charge is 0.350 e. The Kier molecular flexibility index (Phi) is 3.06. The molecule has 1 aromatic carbocycles. The fourth-order valence-corrected chi connectivity index (χ4v) is 0.977. The molecule has 3 amide bonds. The van der Waals surface area contributed by atoms with Crippen LogP contribution in [0.15, 0.2) is 24.3 Å². The fraction of sp³-hybridized carbons (Fsp3) is 0.111. The zero-order valence-electron chi connectivity index (χ0n) is 7.70. The summed E-state index contributed by atoms with van der Waals surface area (Å²) in [6, 6.07) is 6.18. The highest BCUT2D eigenvalue weighted by Crippen LogP contribution is 2.02. The number of nitrogens with two attached hydrogens (primary N) is 1. The molecule has 0 aromatic heterocycles. The highest BCUT2D eigenvalue weighted by Gasteiger charge is 2.04. The van der Waals surface area contributed by atoms with Gasteiger partial charge in [0.1, 0.15) is 0 Å². The minimum Gasteiger partial charge on any atom is -0.350 e. The van der Waals surface area contributed by atoms with Crippen LogP contribution in [0.3, 0.4) is 0 Å². The molecule has 0 atom stereocenters. The molecule has 0 aliphatic rings. The van der Waals surface area contributed by atoms with Crippen LogP contribution in [-0.4, -0.2) is 11.9 Å². The summed E-state index contributed by atoms with van der Waals surface area (Å²) >= 11 is 0. The summed E-state index contributed by atoms with van der Waals surface area (Å²) in [5.74, 6) is -0.396. The number of hydrogen-bond donors (Lipinski definition) is 3. The molecule has 0 unspecified atom stereocenters. The third-order valence-corrected chi connectivity index (χ3v) is 1.58. The molecule has 0 fully saturated rings. The number of urea groups is 1. The summed E-state index contributed by atoms with van der Waals surface area (Å²) in [6.45, 7) is 1.87. The normalized spacial score (nSPS) is 9.21. The molecule has 14 heavy (non-hydrogen) atoms. The number of hydrazine groups is 1. The van der Waals surface area contributed by atoms with Gasteiger partial charge in [0, 0.05) is 5.56 Å². The van der Waals surface area contributed by atoms with Gasteiger partial charge in [-0.2, -0.15) is 0 Å². The first-order valence-electron chi connectivity index (χ1n) is 4.02. The zero-order chi connectivity index (χ0) is 10.6. The van der Waals surface area contributed by atoms with Crippen molar-refractivity contribution < 1.29 is 9.59 Å². The number of benzene rings is 1. The Morgan fingerprint density at radius 1 is 1.29 bits per heavy atom. The summed E-state index contributed by atoms with van der Waals surface area (Å²) in [5.41, 5.74) is 10.4. The van der Waals surface area contributed by atoms with E-state index in [9.17, 15) is 9.59 Å². The summed E-state index contributed by atoms with van der Waals surface area (Å²) < 4.78 is 0. The van der Waals surface area contributed by atoms with Crippen molar-refractivity contribution in [2.45, 2.75) is 6.92 Å². The van der Waals surface area contributed by atoms with Crippen LogP contribution in [-0.2, 0) is 0 Å². The minimum atomic E-state index is -0.800. The second-order valence-electron chi connectivity index (χ2n) is 2.81. The predicted octanol–water partition coefficient (Wildman–Crippen LogP) is 0.308. The van der Waals surface area contributed by atoms with Gasteiger partial charge in [0.15, 0.2) is 0 Å². The van der Waals surface area contributed by atoms with E-state index in [1.807, 2.05) is 18.4 Å². The SMILES string of the molecule is Cc1cccc(C(=O)NNC(N)=O)c1. The van der Waals surface area contributed by atoms with Gasteiger partial charge in [-0.15, -0.1) is 0 Å². The molecule has 1 aromatic rings. The smallest absolute Gasteiger partial charge is 0.330 e. The van der Waals surface area contributed by atoms with Crippen LogP contribution in [0.2, 0.25) is 0 Å². The molecule has 74 valence electrons. The fourth-order valence-electron chi connectivity index (χ4n) is 0.977. The number of nitrogens with one attached hydrogen (secondary N) is 2. The average Bonchev–Trinajstić information content (AvgIpc) is 2.14. The average molecular weight is 193 g/mol. The first kappa shape index (κ1) is 10.0. The van der Waals surface area contributed by atoms with Crippen molar-refractivity contribution in [3.05, 3.63) is 35.4 Å². The van der Waals surface area contributed by atoms with Gasteiger partial charge < -0.3 is 5.73 Å². The maximum absolute atomic E-state index is 11.3. The Morgan fingerprint density at radius 2 is 2.00 bits per heavy atom. The summed E-state index contributed by atoms with van der Waals surface area (Å²) in [5, 5.41) is 0. The lowest BCUT2D eigenvalue weighted by molar-refractivity contribution is 0.0937. The Labute approximate surface area is 81.3 Å². The van der Waals surface area contributed by atoms with E-state index >= 15 is 0 Å². The molecule has 5 heteroatoms. The Morgan fingerprint density at radius 3 is 2.57 bits per heavy atom. The molecular weight excluding hydrogens is 182 g/mol. The Balaban J connectivity index is 2.65. The van der Waals surface area contributed by atoms with Crippen LogP contribution >= 0.6 is 0 Å². The Hall–Kier alpha value is -2.04. The van der Waals surface area contributed by atoms with Crippen molar-refractivity contribution in [2.75, 3.05) is 0 Å². The zero-order valence-corrected chi connectivity index (χ0v) is 7.70. The molecule has 0 saturated carbocycles. The second-order valence-corrected chi connectivity index (χ2v) is 2.81. The van der Waals surface area contributed by atoms with Gasteiger partial charge >= 0.3 is 6.03 Å². The molecule has 0 saturated heterocycles. The molecule has 4 N–H and O–H groups in total. The number of hydrogen-bond acceptors (Lipinski definition) is 2. The quantitative estimate of drug-likeness (QED) is 0.561. The number of aryl methyl sites for hydroxylation is 1. The topological polar surface area (TPSA) is 84.2 Å². The molecule has 0 aliphatic heterocycles. The van der Waals surface area contributed by atoms with E-state index in [0.29, 0.717) is 5.56 Å². The van der Waals surface area contributed by atoms with Crippen LogP contribution in [0.5, 0.6) is 0 Å². The summed E-state index contributed by atoms with van der Waals surface area (Å²) in [7, 11) is 0. The molecule has 1 rings (SSSR count). The number of carbonyl (C=O) groups is 2. The lowest BCUT2D eigenvalue weighted by atomic mass is 10.1. The lowest BCUT2D eigenvalue weighted by Gasteiger charge is -2.04. The van der Waals surface area contributed by atoms with E-state index in [1.54, 1.807) is 18.2 Å². The van der Waals surface area contributed by atoms with E-state index < -0.39 is 11.9 Å². The number of amides is 3. The van der Waals surface area contributed by atoms with Crippen LogP contribution < -0.4 is 16.6 Å². The number of primary amides is 1.